The molecule has 0 saturated heterocycles. The minimum atomic E-state index is 1.05. The van der Waals surface area contributed by atoms with Crippen molar-refractivity contribution in [3.63, 3.8) is 0 Å². The average Bonchev–Trinajstić information content (AvgIpc) is 2.74. The van der Waals surface area contributed by atoms with Crippen molar-refractivity contribution in [2.45, 2.75) is 110 Å². The quantitative estimate of drug-likeness (QED) is 0.0902. The normalized spacial score (nSPS) is 12.8. The molecule has 0 fully saturated rings. The van der Waals surface area contributed by atoms with E-state index in [9.17, 15) is 0 Å². The van der Waals surface area contributed by atoms with E-state index in [0.29, 0.717) is 0 Å². The average molecular weight is 464 g/mol. The molecule has 29 heavy (non-hydrogen) atoms. The van der Waals surface area contributed by atoms with Gasteiger partial charge in [-0.05, 0) is 51.4 Å². The van der Waals surface area contributed by atoms with Crippen molar-refractivity contribution in [2.24, 2.45) is 0 Å². The van der Waals surface area contributed by atoms with Gasteiger partial charge in [0.15, 0.2) is 0 Å². The first-order valence-electron chi connectivity index (χ1n) is 12.2. The highest BCUT2D eigenvalue weighted by Gasteiger charge is 1.92. The van der Waals surface area contributed by atoms with Crippen molar-refractivity contribution in [1.82, 2.24) is 0 Å². The van der Waals surface area contributed by atoms with Crippen LogP contribution in [-0.2, 0) is 0 Å². The largest absolute Gasteiger partial charge is 0.0928 e. The van der Waals surface area contributed by atoms with Crippen molar-refractivity contribution in [2.75, 3.05) is 5.33 Å². The van der Waals surface area contributed by atoms with E-state index in [-0.39, 0.29) is 0 Å². The molecule has 0 heterocycles. The van der Waals surface area contributed by atoms with Crippen LogP contribution in [0.15, 0.2) is 60.8 Å². The van der Waals surface area contributed by atoms with Gasteiger partial charge in [-0.25, -0.2) is 0 Å². The Labute approximate surface area is 191 Å². The van der Waals surface area contributed by atoms with E-state index >= 15 is 0 Å². The number of rotatable bonds is 21. The third-order valence-electron chi connectivity index (χ3n) is 4.91. The van der Waals surface area contributed by atoms with Crippen LogP contribution in [0.3, 0.4) is 0 Å². The molecule has 0 atom stereocenters. The molecule has 166 valence electrons. The van der Waals surface area contributed by atoms with Gasteiger partial charge in [0.1, 0.15) is 0 Å². The molecule has 0 amide bonds. The fourth-order valence-electron chi connectivity index (χ4n) is 3.14. The molecule has 0 aliphatic heterocycles. The maximum Gasteiger partial charge on any atom is 0.00313 e. The third-order valence-corrected chi connectivity index (χ3v) is 5.47. The van der Waals surface area contributed by atoms with Crippen molar-refractivity contribution in [3.8, 4) is 0 Å². The molecule has 0 aromatic heterocycles. The van der Waals surface area contributed by atoms with Crippen LogP contribution in [0.1, 0.15) is 110 Å². The first kappa shape index (κ1) is 28.2. The minimum Gasteiger partial charge on any atom is -0.0928 e. The first-order chi connectivity index (χ1) is 14.4. The van der Waals surface area contributed by atoms with Gasteiger partial charge in [-0.1, -0.05) is 135 Å². The van der Waals surface area contributed by atoms with Crippen molar-refractivity contribution < 1.29 is 0 Å². The molecule has 0 N–H and O–H groups in total. The van der Waals surface area contributed by atoms with Crippen molar-refractivity contribution in [1.29, 1.82) is 0 Å². The third kappa shape index (κ3) is 27.2. The number of allylic oxidation sites excluding steroid dienone is 10. The highest BCUT2D eigenvalue weighted by molar-refractivity contribution is 9.09. The van der Waals surface area contributed by atoms with Crippen molar-refractivity contribution >= 4 is 15.9 Å². The number of halogens is 1. The number of hydrogen-bond donors (Lipinski definition) is 0. The van der Waals surface area contributed by atoms with Crippen LogP contribution in [0.4, 0.5) is 0 Å². The van der Waals surface area contributed by atoms with E-state index in [0.717, 1.165) is 32.1 Å². The van der Waals surface area contributed by atoms with Gasteiger partial charge in [-0.3, -0.25) is 0 Å². The highest BCUT2D eigenvalue weighted by atomic mass is 79.9. The number of alkyl halides is 1. The van der Waals surface area contributed by atoms with Crippen molar-refractivity contribution in [3.05, 3.63) is 60.8 Å². The maximum atomic E-state index is 3.50. The van der Waals surface area contributed by atoms with Crippen LogP contribution >= 0.6 is 15.9 Å². The predicted octanol–water partition coefficient (Wildman–Crippen LogP) is 10.4. The van der Waals surface area contributed by atoms with Gasteiger partial charge < -0.3 is 0 Å². The second kappa shape index (κ2) is 27.2. The molecule has 0 saturated carbocycles. The Bertz CT molecular complexity index is 439. The summed E-state index contributed by atoms with van der Waals surface area (Å²) in [4.78, 5) is 0. The Kier molecular flexibility index (Phi) is 26.4. The molecule has 0 aromatic carbocycles. The standard InChI is InChI=1S/C28H47Br/c1-2-3-4-5-6-7-8-9-10-11-12-13-14-15-16-17-18-19-20-21-22-23-24-25-26-27-28-29/h3-4,6-7,9-10,12-13,15-16H,2,5,8,11,14,17-28H2,1H3/b4-3-,7-6-,10-9-,13-12-,16-15-. The predicted molar refractivity (Wildman–Crippen MR) is 139 cm³/mol. The maximum absolute atomic E-state index is 3.50. The molecule has 0 aliphatic carbocycles. The highest BCUT2D eigenvalue weighted by Crippen LogP contribution is 2.12. The van der Waals surface area contributed by atoms with Crippen LogP contribution in [0.5, 0.6) is 0 Å². The van der Waals surface area contributed by atoms with Gasteiger partial charge in [0, 0.05) is 5.33 Å². The summed E-state index contributed by atoms with van der Waals surface area (Å²) in [6.45, 7) is 2.17. The lowest BCUT2D eigenvalue weighted by Gasteiger charge is -2.01. The van der Waals surface area contributed by atoms with Gasteiger partial charge in [-0.2, -0.15) is 0 Å². The summed E-state index contributed by atoms with van der Waals surface area (Å²) in [5.41, 5.74) is 0. The summed E-state index contributed by atoms with van der Waals surface area (Å²) in [6.07, 6.45) is 43.4. The summed E-state index contributed by atoms with van der Waals surface area (Å²) >= 11 is 3.50. The Morgan fingerprint density at radius 3 is 1.17 bits per heavy atom. The molecule has 0 unspecified atom stereocenters. The topological polar surface area (TPSA) is 0 Å². The molecule has 0 rings (SSSR count). The summed E-state index contributed by atoms with van der Waals surface area (Å²) in [5.74, 6) is 0. The van der Waals surface area contributed by atoms with Crippen LogP contribution in [-0.4, -0.2) is 5.33 Å². The molecule has 0 aromatic rings. The Hall–Kier alpha value is -0.820. The van der Waals surface area contributed by atoms with Crippen LogP contribution in [0.25, 0.3) is 0 Å². The zero-order valence-corrected chi connectivity index (χ0v) is 20.8. The fraction of sp³-hybridized carbons (Fsp3) is 0.643. The summed E-state index contributed by atoms with van der Waals surface area (Å²) in [5, 5.41) is 1.17. The van der Waals surface area contributed by atoms with E-state index in [1.165, 1.54) is 76.0 Å². The summed E-state index contributed by atoms with van der Waals surface area (Å²) < 4.78 is 0. The van der Waals surface area contributed by atoms with E-state index < -0.39 is 0 Å². The van der Waals surface area contributed by atoms with E-state index in [4.69, 9.17) is 0 Å². The molecule has 0 aliphatic rings. The molecular formula is C28H47Br. The van der Waals surface area contributed by atoms with Crippen LogP contribution in [0.2, 0.25) is 0 Å². The molecular weight excluding hydrogens is 416 g/mol. The molecule has 1 heteroatoms. The Morgan fingerprint density at radius 1 is 0.414 bits per heavy atom. The lowest BCUT2D eigenvalue weighted by Crippen LogP contribution is -1.82. The van der Waals surface area contributed by atoms with Gasteiger partial charge in [-0.15, -0.1) is 0 Å². The number of hydrogen-bond acceptors (Lipinski definition) is 0. The van der Waals surface area contributed by atoms with Crippen LogP contribution in [0, 0.1) is 0 Å². The molecule has 0 bridgehead atoms. The van der Waals surface area contributed by atoms with E-state index in [1.807, 2.05) is 0 Å². The van der Waals surface area contributed by atoms with Gasteiger partial charge >= 0.3 is 0 Å². The lowest BCUT2D eigenvalue weighted by atomic mass is 10.1. The van der Waals surface area contributed by atoms with E-state index in [2.05, 4.69) is 83.6 Å². The molecule has 0 radical (unpaired) electrons. The SMILES string of the molecule is CC/C=C\C/C=C\C/C=C\C/C=C\C/C=C\CCCCCCCCCCCCBr. The Balaban J connectivity index is 3.30. The minimum absolute atomic E-state index is 1.05. The van der Waals surface area contributed by atoms with Crippen LogP contribution < -0.4 is 0 Å². The second-order valence-corrected chi connectivity index (χ2v) is 8.51. The number of unbranched alkanes of at least 4 members (excludes halogenated alkanes) is 10. The fourth-order valence-corrected chi connectivity index (χ4v) is 3.54. The van der Waals surface area contributed by atoms with Gasteiger partial charge in [0.05, 0.1) is 0 Å². The second-order valence-electron chi connectivity index (χ2n) is 7.72. The summed E-state index contributed by atoms with van der Waals surface area (Å²) in [7, 11) is 0. The van der Waals surface area contributed by atoms with Gasteiger partial charge in [0.25, 0.3) is 0 Å². The zero-order chi connectivity index (χ0) is 21.1. The smallest absolute Gasteiger partial charge is 0.00313 e. The lowest BCUT2D eigenvalue weighted by molar-refractivity contribution is 0.558. The first-order valence-corrected chi connectivity index (χ1v) is 13.3. The van der Waals surface area contributed by atoms with Gasteiger partial charge in [0.2, 0.25) is 0 Å². The zero-order valence-electron chi connectivity index (χ0n) is 19.2. The molecule has 0 nitrogen and oxygen atoms in total. The monoisotopic (exact) mass is 462 g/mol. The Morgan fingerprint density at radius 2 is 0.759 bits per heavy atom. The van der Waals surface area contributed by atoms with E-state index in [1.54, 1.807) is 0 Å². The summed E-state index contributed by atoms with van der Waals surface area (Å²) in [6, 6.07) is 0. The molecule has 0 spiro atoms.